The first-order valence-corrected chi connectivity index (χ1v) is 12.9. The van der Waals surface area contributed by atoms with Crippen LogP contribution in [0.15, 0.2) is 42.5 Å². The zero-order valence-corrected chi connectivity index (χ0v) is 22.2. The van der Waals surface area contributed by atoms with Gasteiger partial charge in [-0.3, -0.25) is 24.0 Å². The highest BCUT2D eigenvalue weighted by molar-refractivity contribution is 5.96. The van der Waals surface area contributed by atoms with Crippen molar-refractivity contribution in [2.75, 3.05) is 6.61 Å². The molecule has 0 bridgehead atoms. The Labute approximate surface area is 222 Å². The van der Waals surface area contributed by atoms with Gasteiger partial charge in [-0.25, -0.2) is 0 Å². The first-order valence-electron chi connectivity index (χ1n) is 12.9. The molecule has 0 radical (unpaired) electrons. The molecule has 1 aliphatic carbocycles. The summed E-state index contributed by atoms with van der Waals surface area (Å²) >= 11 is 0. The van der Waals surface area contributed by atoms with Crippen LogP contribution in [0.2, 0.25) is 0 Å². The number of hydrogen-bond acceptors (Lipinski definition) is 7. The molecule has 3 atom stereocenters. The number of benzene rings is 2. The Morgan fingerprint density at radius 3 is 2.29 bits per heavy atom. The number of ether oxygens (including phenoxy) is 2. The molecule has 3 unspecified atom stereocenters. The van der Waals surface area contributed by atoms with E-state index >= 15 is 0 Å². The molecule has 1 fully saturated rings. The van der Waals surface area contributed by atoms with Crippen LogP contribution < -0.4 is 11.1 Å². The highest BCUT2D eigenvalue weighted by Crippen LogP contribution is 2.30. The summed E-state index contributed by atoms with van der Waals surface area (Å²) in [6, 6.07) is 11.9. The number of nitrogens with one attached hydrogen (secondary N) is 1. The van der Waals surface area contributed by atoms with Gasteiger partial charge in [-0.1, -0.05) is 55.3 Å². The summed E-state index contributed by atoms with van der Waals surface area (Å²) in [5, 5.41) is 4.48. The van der Waals surface area contributed by atoms with Crippen LogP contribution in [0, 0.1) is 11.8 Å². The standard InChI is InChI=1S/C29H36N2O7/c1-29(2,3)38-26(34)16-23(31-28(36)22-14-7-6-13-21(22)27(30)35)24(32)17-37-25(33)15-19-11-8-10-18-9-4-5-12-20(18)19/h4-5,8-12,21-23H,6-7,13-17H2,1-3H3,(H2,30,35)(H,31,36). The Morgan fingerprint density at radius 2 is 1.61 bits per heavy atom. The van der Waals surface area contributed by atoms with Gasteiger partial charge in [0.1, 0.15) is 11.6 Å². The van der Waals surface area contributed by atoms with Crippen molar-refractivity contribution < 1.29 is 33.4 Å². The van der Waals surface area contributed by atoms with Gasteiger partial charge in [0.15, 0.2) is 12.4 Å². The van der Waals surface area contributed by atoms with E-state index in [1.165, 1.54) is 0 Å². The normalized spacial score (nSPS) is 18.3. The molecule has 2 aromatic carbocycles. The predicted octanol–water partition coefficient (Wildman–Crippen LogP) is 3.00. The van der Waals surface area contributed by atoms with Crippen LogP contribution in [0.3, 0.4) is 0 Å². The van der Waals surface area contributed by atoms with Gasteiger partial charge in [0.05, 0.1) is 12.8 Å². The smallest absolute Gasteiger partial charge is 0.310 e. The summed E-state index contributed by atoms with van der Waals surface area (Å²) in [5.41, 5.74) is 5.46. The van der Waals surface area contributed by atoms with Gasteiger partial charge in [0.2, 0.25) is 11.8 Å². The molecule has 9 heteroatoms. The van der Waals surface area contributed by atoms with Gasteiger partial charge < -0.3 is 20.5 Å². The fourth-order valence-corrected chi connectivity index (χ4v) is 4.76. The first-order chi connectivity index (χ1) is 17.9. The molecular weight excluding hydrogens is 488 g/mol. The summed E-state index contributed by atoms with van der Waals surface area (Å²) in [4.78, 5) is 63.1. The zero-order chi connectivity index (χ0) is 27.9. The van der Waals surface area contributed by atoms with Crippen molar-refractivity contribution in [3.05, 3.63) is 48.0 Å². The van der Waals surface area contributed by atoms with Crippen molar-refractivity contribution in [3.8, 4) is 0 Å². The maximum atomic E-state index is 13.1. The lowest BCUT2D eigenvalue weighted by Crippen LogP contribution is -2.50. The van der Waals surface area contributed by atoms with Crippen LogP contribution >= 0.6 is 0 Å². The summed E-state index contributed by atoms with van der Waals surface area (Å²) in [6.07, 6.45) is 2.00. The lowest BCUT2D eigenvalue weighted by molar-refractivity contribution is -0.157. The SMILES string of the molecule is CC(C)(C)OC(=O)CC(NC(=O)C1CCCCC1C(N)=O)C(=O)COC(=O)Cc1cccc2ccccc12. The third-order valence-electron chi connectivity index (χ3n) is 6.55. The number of Topliss-reactive ketones (excluding diaryl/α,β-unsaturated/α-hetero) is 1. The fourth-order valence-electron chi connectivity index (χ4n) is 4.76. The Bertz CT molecular complexity index is 1200. The second kappa shape index (κ2) is 12.7. The van der Waals surface area contributed by atoms with E-state index in [0.29, 0.717) is 12.8 Å². The van der Waals surface area contributed by atoms with Gasteiger partial charge in [-0.15, -0.1) is 0 Å². The fraction of sp³-hybridized carbons (Fsp3) is 0.483. The molecule has 0 saturated heterocycles. The Kier molecular flexibility index (Phi) is 9.61. The van der Waals surface area contributed by atoms with Crippen molar-refractivity contribution in [2.24, 2.45) is 17.6 Å². The lowest BCUT2D eigenvalue weighted by Gasteiger charge is -2.30. The number of rotatable bonds is 10. The third kappa shape index (κ3) is 8.13. The van der Waals surface area contributed by atoms with Crippen molar-refractivity contribution in [1.82, 2.24) is 5.32 Å². The highest BCUT2D eigenvalue weighted by Gasteiger charge is 2.37. The van der Waals surface area contributed by atoms with E-state index in [2.05, 4.69) is 5.32 Å². The predicted molar refractivity (Wildman–Crippen MR) is 141 cm³/mol. The molecule has 1 aliphatic rings. The van der Waals surface area contributed by atoms with Crippen LogP contribution in [0.25, 0.3) is 10.8 Å². The number of nitrogens with two attached hydrogens (primary N) is 1. The van der Waals surface area contributed by atoms with E-state index in [-0.39, 0.29) is 6.42 Å². The first kappa shape index (κ1) is 28.8. The van der Waals surface area contributed by atoms with Gasteiger partial charge in [0.25, 0.3) is 0 Å². The molecule has 204 valence electrons. The second-order valence-electron chi connectivity index (χ2n) is 10.7. The van der Waals surface area contributed by atoms with Gasteiger partial charge in [0, 0.05) is 11.8 Å². The molecule has 0 aliphatic heterocycles. The van der Waals surface area contributed by atoms with Crippen LogP contribution in [-0.2, 0) is 39.9 Å². The zero-order valence-electron chi connectivity index (χ0n) is 22.2. The monoisotopic (exact) mass is 524 g/mol. The summed E-state index contributed by atoms with van der Waals surface area (Å²) < 4.78 is 10.6. The molecule has 3 N–H and O–H groups in total. The van der Waals surface area contributed by atoms with E-state index < -0.39 is 66.0 Å². The van der Waals surface area contributed by atoms with Gasteiger partial charge >= 0.3 is 11.9 Å². The molecule has 9 nitrogen and oxygen atoms in total. The molecule has 38 heavy (non-hydrogen) atoms. The number of primary amides is 1. The molecular formula is C29H36N2O7. The van der Waals surface area contributed by atoms with Gasteiger partial charge in [-0.2, -0.15) is 0 Å². The number of esters is 2. The minimum Gasteiger partial charge on any atom is -0.460 e. The quantitative estimate of drug-likeness (QED) is 0.455. The maximum absolute atomic E-state index is 13.1. The third-order valence-corrected chi connectivity index (χ3v) is 6.55. The minimum atomic E-state index is -1.28. The average Bonchev–Trinajstić information content (AvgIpc) is 2.86. The molecule has 3 rings (SSSR count). The number of fused-ring (bicyclic) bond motifs is 1. The number of amides is 2. The Balaban J connectivity index is 1.67. The molecule has 0 spiro atoms. The molecule has 2 amide bonds. The molecule has 2 aromatic rings. The van der Waals surface area contributed by atoms with E-state index in [9.17, 15) is 24.0 Å². The number of hydrogen-bond donors (Lipinski definition) is 2. The van der Waals surface area contributed by atoms with Crippen LogP contribution in [0.4, 0.5) is 0 Å². The van der Waals surface area contributed by atoms with E-state index in [4.69, 9.17) is 15.2 Å². The molecule has 0 heterocycles. The van der Waals surface area contributed by atoms with Crippen molar-refractivity contribution in [3.63, 3.8) is 0 Å². The average molecular weight is 525 g/mol. The number of carbonyl (C=O) groups is 5. The minimum absolute atomic E-state index is 0.0416. The highest BCUT2D eigenvalue weighted by atomic mass is 16.6. The summed E-state index contributed by atoms with van der Waals surface area (Å²) in [5.74, 6) is -4.38. The second-order valence-corrected chi connectivity index (χ2v) is 10.7. The lowest BCUT2D eigenvalue weighted by atomic mass is 9.78. The van der Waals surface area contributed by atoms with E-state index in [0.717, 1.165) is 29.2 Å². The van der Waals surface area contributed by atoms with E-state index in [1.807, 2.05) is 42.5 Å². The van der Waals surface area contributed by atoms with Crippen LogP contribution in [0.1, 0.15) is 58.4 Å². The topological polar surface area (TPSA) is 142 Å². The number of carbonyl (C=O) groups excluding carboxylic acids is 5. The largest absolute Gasteiger partial charge is 0.460 e. The van der Waals surface area contributed by atoms with Crippen LogP contribution in [-0.4, -0.2) is 47.8 Å². The van der Waals surface area contributed by atoms with Crippen LogP contribution in [0.5, 0.6) is 0 Å². The van der Waals surface area contributed by atoms with Crippen molar-refractivity contribution in [2.45, 2.75) is 70.9 Å². The number of ketones is 1. The molecule has 0 aromatic heterocycles. The maximum Gasteiger partial charge on any atom is 0.310 e. The van der Waals surface area contributed by atoms with Crippen molar-refractivity contribution >= 4 is 40.3 Å². The summed E-state index contributed by atoms with van der Waals surface area (Å²) in [6.45, 7) is 4.44. The Morgan fingerprint density at radius 1 is 0.947 bits per heavy atom. The van der Waals surface area contributed by atoms with Crippen molar-refractivity contribution in [1.29, 1.82) is 0 Å². The Hall–Kier alpha value is -3.75. The molecule has 1 saturated carbocycles. The van der Waals surface area contributed by atoms with E-state index in [1.54, 1.807) is 20.8 Å². The van der Waals surface area contributed by atoms with Gasteiger partial charge in [-0.05, 0) is 49.9 Å². The summed E-state index contributed by atoms with van der Waals surface area (Å²) in [7, 11) is 0.